The molecule has 4 nitrogen and oxygen atoms in total. The van der Waals surface area contributed by atoms with E-state index in [-0.39, 0.29) is 17.1 Å². The van der Waals surface area contributed by atoms with Crippen LogP contribution in [0.3, 0.4) is 0 Å². The molecule has 0 spiro atoms. The molecule has 0 radical (unpaired) electrons. The van der Waals surface area contributed by atoms with Gasteiger partial charge in [-0.05, 0) is 18.9 Å². The zero-order chi connectivity index (χ0) is 14.1. The van der Waals surface area contributed by atoms with Crippen LogP contribution in [0.15, 0.2) is 29.1 Å². The normalized spacial score (nSPS) is 13.7. The maximum Gasteiger partial charge on any atom is 0.269 e. The first-order valence-corrected chi connectivity index (χ1v) is 6.81. The van der Waals surface area contributed by atoms with E-state index in [1.807, 2.05) is 0 Å². The highest BCUT2D eigenvalue weighted by Crippen LogP contribution is 2.19. The van der Waals surface area contributed by atoms with Crippen LogP contribution in [0, 0.1) is 5.82 Å². The Kier molecular flexibility index (Phi) is 3.44. The molecule has 1 aromatic carbocycles. The van der Waals surface area contributed by atoms with Crippen LogP contribution in [0.1, 0.15) is 17.7 Å². The molecule has 0 saturated heterocycles. The van der Waals surface area contributed by atoms with Gasteiger partial charge in [-0.2, -0.15) is 5.10 Å². The monoisotopic (exact) mass is 293 g/mol. The molecule has 6 heteroatoms. The zero-order valence-electron chi connectivity index (χ0n) is 10.7. The van der Waals surface area contributed by atoms with E-state index in [1.165, 1.54) is 16.8 Å². The first kappa shape index (κ1) is 13.1. The lowest BCUT2D eigenvalue weighted by atomic mass is 10.1. The average molecular weight is 294 g/mol. The summed E-state index contributed by atoms with van der Waals surface area (Å²) in [6.45, 7) is 0.930. The fourth-order valence-corrected chi connectivity index (χ4v) is 2.49. The van der Waals surface area contributed by atoms with Crippen molar-refractivity contribution in [1.82, 2.24) is 9.78 Å². The van der Waals surface area contributed by atoms with Crippen molar-refractivity contribution in [2.45, 2.75) is 19.4 Å². The van der Waals surface area contributed by atoms with Gasteiger partial charge in [0.2, 0.25) is 0 Å². The second kappa shape index (κ2) is 5.25. The molecule has 3 rings (SSSR count). The van der Waals surface area contributed by atoms with Gasteiger partial charge in [0.25, 0.3) is 5.56 Å². The summed E-state index contributed by atoms with van der Waals surface area (Å²) in [6.07, 6.45) is 1.80. The molecule has 0 atom stereocenters. The predicted molar refractivity (Wildman–Crippen MR) is 75.8 cm³/mol. The quantitative estimate of drug-likeness (QED) is 0.925. The molecule has 1 aliphatic rings. The van der Waals surface area contributed by atoms with E-state index in [9.17, 15) is 9.18 Å². The topological polar surface area (TPSA) is 46.9 Å². The molecule has 0 saturated carbocycles. The van der Waals surface area contributed by atoms with Crippen LogP contribution in [0.2, 0.25) is 5.02 Å². The molecule has 0 aliphatic carbocycles. The molecule has 0 unspecified atom stereocenters. The standard InChI is InChI=1S/C14H13ClFN3O/c15-10-4-1-3-9(14(10)16)8-19-13(20)7-12-11(18-19)5-2-6-17-12/h1,3-4,7,17H,2,5-6,8H2. The summed E-state index contributed by atoms with van der Waals surface area (Å²) in [5.41, 5.74) is 1.73. The van der Waals surface area contributed by atoms with Gasteiger partial charge < -0.3 is 5.32 Å². The number of halogens is 2. The zero-order valence-corrected chi connectivity index (χ0v) is 11.5. The van der Waals surface area contributed by atoms with Gasteiger partial charge in [0, 0.05) is 18.2 Å². The fraction of sp³-hybridized carbons (Fsp3) is 0.286. The molecule has 0 bridgehead atoms. The lowest BCUT2D eigenvalue weighted by Crippen LogP contribution is -2.27. The van der Waals surface area contributed by atoms with Crippen molar-refractivity contribution in [3.05, 3.63) is 56.7 Å². The van der Waals surface area contributed by atoms with E-state index in [0.29, 0.717) is 5.56 Å². The molecule has 0 amide bonds. The van der Waals surface area contributed by atoms with E-state index in [0.717, 1.165) is 30.8 Å². The van der Waals surface area contributed by atoms with Crippen LogP contribution in [-0.2, 0) is 13.0 Å². The highest BCUT2D eigenvalue weighted by molar-refractivity contribution is 6.30. The predicted octanol–water partition coefficient (Wildman–Crippen LogP) is 2.44. The third kappa shape index (κ3) is 2.41. The van der Waals surface area contributed by atoms with E-state index in [4.69, 9.17) is 11.6 Å². The van der Waals surface area contributed by atoms with Crippen molar-refractivity contribution in [1.29, 1.82) is 0 Å². The summed E-state index contributed by atoms with van der Waals surface area (Å²) in [4.78, 5) is 12.0. The van der Waals surface area contributed by atoms with Crippen LogP contribution in [0.4, 0.5) is 10.1 Å². The van der Waals surface area contributed by atoms with Gasteiger partial charge in [-0.25, -0.2) is 9.07 Å². The second-order valence-corrected chi connectivity index (χ2v) is 5.15. The molecular formula is C14H13ClFN3O. The number of nitrogens with zero attached hydrogens (tertiary/aromatic N) is 2. The van der Waals surface area contributed by atoms with Gasteiger partial charge in [0.05, 0.1) is 22.9 Å². The third-order valence-corrected chi connectivity index (χ3v) is 3.62. The largest absolute Gasteiger partial charge is 0.383 e. The number of aromatic nitrogens is 2. The highest BCUT2D eigenvalue weighted by atomic mass is 35.5. The number of anilines is 1. The molecule has 1 aliphatic heterocycles. The maximum atomic E-state index is 13.9. The van der Waals surface area contributed by atoms with Crippen LogP contribution in [0.25, 0.3) is 0 Å². The van der Waals surface area contributed by atoms with E-state index in [2.05, 4.69) is 10.4 Å². The molecule has 20 heavy (non-hydrogen) atoms. The van der Waals surface area contributed by atoms with Crippen LogP contribution >= 0.6 is 11.6 Å². The number of hydrogen-bond acceptors (Lipinski definition) is 3. The van der Waals surface area contributed by atoms with Crippen molar-refractivity contribution in [2.75, 3.05) is 11.9 Å². The number of hydrogen-bond donors (Lipinski definition) is 1. The summed E-state index contributed by atoms with van der Waals surface area (Å²) in [6, 6.07) is 6.26. The van der Waals surface area contributed by atoms with Crippen LogP contribution < -0.4 is 10.9 Å². The van der Waals surface area contributed by atoms with Crippen LogP contribution in [0.5, 0.6) is 0 Å². The summed E-state index contributed by atoms with van der Waals surface area (Å²) < 4.78 is 15.1. The molecule has 2 heterocycles. The third-order valence-electron chi connectivity index (χ3n) is 3.33. The Bertz CT molecular complexity index is 714. The van der Waals surface area contributed by atoms with Gasteiger partial charge in [0.15, 0.2) is 0 Å². The lowest BCUT2D eigenvalue weighted by molar-refractivity contribution is 0.562. The molecule has 104 valence electrons. The maximum absolute atomic E-state index is 13.9. The van der Waals surface area contributed by atoms with Crippen molar-refractivity contribution in [2.24, 2.45) is 0 Å². The number of rotatable bonds is 2. The number of aryl methyl sites for hydroxylation is 1. The molecule has 1 aromatic heterocycles. The van der Waals surface area contributed by atoms with Gasteiger partial charge >= 0.3 is 0 Å². The minimum absolute atomic E-state index is 0.0511. The Labute approximate surface area is 120 Å². The van der Waals surface area contributed by atoms with Crippen molar-refractivity contribution >= 4 is 17.3 Å². The second-order valence-electron chi connectivity index (χ2n) is 4.74. The summed E-state index contributed by atoms with van der Waals surface area (Å²) in [5, 5.41) is 7.51. The van der Waals surface area contributed by atoms with Gasteiger partial charge in [-0.1, -0.05) is 23.7 Å². The first-order valence-electron chi connectivity index (χ1n) is 6.43. The summed E-state index contributed by atoms with van der Waals surface area (Å²) in [5.74, 6) is -0.501. The van der Waals surface area contributed by atoms with Gasteiger partial charge in [-0.3, -0.25) is 4.79 Å². The SMILES string of the molecule is O=c1cc2c(nn1Cc1cccc(Cl)c1F)CCCN2. The van der Waals surface area contributed by atoms with Gasteiger partial charge in [0.1, 0.15) is 5.82 Å². The van der Waals surface area contributed by atoms with Gasteiger partial charge in [-0.15, -0.1) is 0 Å². The Morgan fingerprint density at radius 1 is 1.45 bits per heavy atom. The number of benzene rings is 1. The molecule has 2 aromatic rings. The molecular weight excluding hydrogens is 281 g/mol. The van der Waals surface area contributed by atoms with E-state index >= 15 is 0 Å². The van der Waals surface area contributed by atoms with E-state index < -0.39 is 5.82 Å². The lowest BCUT2D eigenvalue weighted by Gasteiger charge is -2.17. The fourth-order valence-electron chi connectivity index (χ4n) is 2.29. The number of nitrogens with one attached hydrogen (secondary N) is 1. The molecule has 0 fully saturated rings. The summed E-state index contributed by atoms with van der Waals surface area (Å²) in [7, 11) is 0. The number of fused-ring (bicyclic) bond motifs is 1. The highest BCUT2D eigenvalue weighted by Gasteiger charge is 2.14. The van der Waals surface area contributed by atoms with Crippen molar-refractivity contribution in [3.8, 4) is 0 Å². The smallest absolute Gasteiger partial charge is 0.269 e. The molecule has 1 N–H and O–H groups in total. The van der Waals surface area contributed by atoms with Crippen molar-refractivity contribution in [3.63, 3.8) is 0 Å². The minimum atomic E-state index is -0.501. The Morgan fingerprint density at radius 2 is 2.30 bits per heavy atom. The minimum Gasteiger partial charge on any atom is -0.383 e. The Hall–Kier alpha value is -1.88. The van der Waals surface area contributed by atoms with E-state index in [1.54, 1.807) is 12.1 Å². The average Bonchev–Trinajstić information content (AvgIpc) is 2.44. The Morgan fingerprint density at radius 3 is 3.15 bits per heavy atom. The first-order chi connectivity index (χ1) is 9.65. The Balaban J connectivity index is 1.98. The van der Waals surface area contributed by atoms with Crippen LogP contribution in [-0.4, -0.2) is 16.3 Å². The summed E-state index contributed by atoms with van der Waals surface area (Å²) >= 11 is 5.74. The van der Waals surface area contributed by atoms with Crippen molar-refractivity contribution < 1.29 is 4.39 Å².